The summed E-state index contributed by atoms with van der Waals surface area (Å²) in [5.74, 6) is 0.246. The average molecular weight is 329 g/mol. The Morgan fingerprint density at radius 2 is 1.75 bits per heavy atom. The van der Waals surface area contributed by atoms with Crippen molar-refractivity contribution >= 4 is 17.6 Å². The Balaban J connectivity index is 1.60. The summed E-state index contributed by atoms with van der Waals surface area (Å²) in [7, 11) is 1.89. The molecule has 24 heavy (non-hydrogen) atoms. The largest absolute Gasteiger partial charge is 0.345 e. The number of carbonyl (C=O) groups excluding carboxylic acids is 2. The standard InChI is InChI=1S/C19H27N3O2/c1-14-5-4-6-15(2)17(14)20-18(24)22-11-9-19(10-12-22)8-7-16(23)21(3)13-19/h4-6H,7-13H2,1-3H3,(H,20,24). The van der Waals surface area contributed by atoms with Crippen LogP contribution in [0.25, 0.3) is 0 Å². The zero-order valence-corrected chi connectivity index (χ0v) is 14.9. The minimum atomic E-state index is -0.0116. The number of urea groups is 1. The number of hydrogen-bond acceptors (Lipinski definition) is 2. The second-order valence-electron chi connectivity index (χ2n) is 7.43. The van der Waals surface area contributed by atoms with Crippen LogP contribution in [0.3, 0.4) is 0 Å². The van der Waals surface area contributed by atoms with Crippen molar-refractivity contribution in [3.8, 4) is 0 Å². The fourth-order valence-electron chi connectivity index (χ4n) is 4.02. The highest BCUT2D eigenvalue weighted by Crippen LogP contribution is 2.39. The van der Waals surface area contributed by atoms with E-state index in [2.05, 4.69) is 5.32 Å². The third kappa shape index (κ3) is 3.25. The van der Waals surface area contributed by atoms with Crippen LogP contribution >= 0.6 is 0 Å². The minimum absolute atomic E-state index is 0.0116. The molecular formula is C19H27N3O2. The SMILES string of the molecule is Cc1cccc(C)c1NC(=O)N1CCC2(CCC(=O)N(C)C2)CC1. The number of likely N-dealkylation sites (tertiary alicyclic amines) is 2. The molecule has 2 saturated heterocycles. The van der Waals surface area contributed by atoms with Crippen LogP contribution in [0, 0.1) is 19.3 Å². The van der Waals surface area contributed by atoms with Gasteiger partial charge in [0, 0.05) is 38.8 Å². The second-order valence-corrected chi connectivity index (χ2v) is 7.43. The van der Waals surface area contributed by atoms with Crippen LogP contribution in [0.2, 0.25) is 0 Å². The summed E-state index contributed by atoms with van der Waals surface area (Å²) in [6.45, 7) is 6.39. The Morgan fingerprint density at radius 1 is 1.12 bits per heavy atom. The van der Waals surface area contributed by atoms with E-state index in [0.717, 1.165) is 55.7 Å². The molecule has 1 aromatic rings. The van der Waals surface area contributed by atoms with E-state index in [1.54, 1.807) is 0 Å². The molecule has 1 N–H and O–H groups in total. The van der Waals surface area contributed by atoms with Crippen LogP contribution < -0.4 is 5.32 Å². The Labute approximate surface area is 144 Å². The molecule has 0 radical (unpaired) electrons. The van der Waals surface area contributed by atoms with Gasteiger partial charge in [-0.25, -0.2) is 4.79 Å². The van der Waals surface area contributed by atoms with Crippen molar-refractivity contribution in [2.24, 2.45) is 5.41 Å². The summed E-state index contributed by atoms with van der Waals surface area (Å²) in [6.07, 6.45) is 3.56. The molecule has 5 nitrogen and oxygen atoms in total. The molecule has 2 heterocycles. The summed E-state index contributed by atoms with van der Waals surface area (Å²) in [5, 5.41) is 3.08. The number of anilines is 1. The van der Waals surface area contributed by atoms with E-state index < -0.39 is 0 Å². The maximum atomic E-state index is 12.6. The Hall–Kier alpha value is -2.04. The molecular weight excluding hydrogens is 302 g/mol. The van der Waals surface area contributed by atoms with Gasteiger partial charge in [-0.1, -0.05) is 18.2 Å². The first-order valence-electron chi connectivity index (χ1n) is 8.76. The van der Waals surface area contributed by atoms with Crippen LogP contribution in [-0.4, -0.2) is 48.4 Å². The molecule has 130 valence electrons. The summed E-state index contributed by atoms with van der Waals surface area (Å²) >= 11 is 0. The van der Waals surface area contributed by atoms with Crippen molar-refractivity contribution in [2.75, 3.05) is 32.0 Å². The van der Waals surface area contributed by atoms with Crippen molar-refractivity contribution in [3.05, 3.63) is 29.3 Å². The van der Waals surface area contributed by atoms with Crippen LogP contribution in [-0.2, 0) is 4.79 Å². The molecule has 0 atom stereocenters. The fraction of sp³-hybridized carbons (Fsp3) is 0.579. The Morgan fingerprint density at radius 3 is 2.33 bits per heavy atom. The summed E-state index contributed by atoms with van der Waals surface area (Å²) in [4.78, 5) is 28.1. The maximum Gasteiger partial charge on any atom is 0.321 e. The molecule has 2 aliphatic rings. The molecule has 3 rings (SSSR count). The predicted molar refractivity (Wildman–Crippen MR) is 95.0 cm³/mol. The van der Waals surface area contributed by atoms with Crippen LogP contribution in [0.15, 0.2) is 18.2 Å². The van der Waals surface area contributed by atoms with Gasteiger partial charge in [-0.2, -0.15) is 0 Å². The molecule has 0 saturated carbocycles. The van der Waals surface area contributed by atoms with E-state index >= 15 is 0 Å². The molecule has 1 aromatic carbocycles. The van der Waals surface area contributed by atoms with Gasteiger partial charge in [0.1, 0.15) is 0 Å². The lowest BCUT2D eigenvalue weighted by atomic mass is 9.72. The van der Waals surface area contributed by atoms with E-state index in [0.29, 0.717) is 6.42 Å². The lowest BCUT2D eigenvalue weighted by Crippen LogP contribution is -2.51. The first-order chi connectivity index (χ1) is 11.4. The molecule has 1 spiro atoms. The Bertz CT molecular complexity index is 628. The van der Waals surface area contributed by atoms with Gasteiger partial charge >= 0.3 is 6.03 Å². The van der Waals surface area contributed by atoms with Gasteiger partial charge in [-0.15, -0.1) is 0 Å². The van der Waals surface area contributed by atoms with E-state index in [1.807, 2.05) is 48.9 Å². The van der Waals surface area contributed by atoms with E-state index in [1.165, 1.54) is 0 Å². The lowest BCUT2D eigenvalue weighted by Gasteiger charge is -2.46. The zero-order chi connectivity index (χ0) is 17.3. The molecule has 3 amide bonds. The number of para-hydroxylation sites is 1. The van der Waals surface area contributed by atoms with Crippen LogP contribution in [0.4, 0.5) is 10.5 Å². The van der Waals surface area contributed by atoms with E-state index in [4.69, 9.17) is 0 Å². The highest BCUT2D eigenvalue weighted by molar-refractivity contribution is 5.91. The average Bonchev–Trinajstić information content (AvgIpc) is 2.56. The van der Waals surface area contributed by atoms with Crippen molar-refractivity contribution < 1.29 is 9.59 Å². The normalized spacial score (nSPS) is 20.4. The van der Waals surface area contributed by atoms with Crippen molar-refractivity contribution in [2.45, 2.75) is 39.5 Å². The van der Waals surface area contributed by atoms with Gasteiger partial charge in [0.15, 0.2) is 0 Å². The molecule has 2 fully saturated rings. The number of amides is 3. The van der Waals surface area contributed by atoms with Gasteiger partial charge in [-0.05, 0) is 49.7 Å². The van der Waals surface area contributed by atoms with Gasteiger partial charge in [0.25, 0.3) is 0 Å². The third-order valence-corrected chi connectivity index (χ3v) is 5.69. The molecule has 0 bridgehead atoms. The number of nitrogens with zero attached hydrogens (tertiary/aromatic N) is 2. The number of hydrogen-bond donors (Lipinski definition) is 1. The van der Waals surface area contributed by atoms with Gasteiger partial charge in [0.2, 0.25) is 5.91 Å². The molecule has 0 aliphatic carbocycles. The van der Waals surface area contributed by atoms with Crippen molar-refractivity contribution in [3.63, 3.8) is 0 Å². The monoisotopic (exact) mass is 329 g/mol. The predicted octanol–water partition coefficient (Wildman–Crippen LogP) is 3.17. The highest BCUT2D eigenvalue weighted by atomic mass is 16.2. The second kappa shape index (κ2) is 6.46. The van der Waals surface area contributed by atoms with E-state index in [-0.39, 0.29) is 17.4 Å². The van der Waals surface area contributed by atoms with Crippen molar-refractivity contribution in [1.29, 1.82) is 0 Å². The van der Waals surface area contributed by atoms with Crippen LogP contribution in [0.1, 0.15) is 36.8 Å². The molecule has 0 unspecified atom stereocenters. The van der Waals surface area contributed by atoms with Gasteiger partial charge in [-0.3, -0.25) is 4.79 Å². The number of nitrogens with one attached hydrogen (secondary N) is 1. The highest BCUT2D eigenvalue weighted by Gasteiger charge is 2.40. The van der Waals surface area contributed by atoms with Crippen molar-refractivity contribution in [1.82, 2.24) is 9.80 Å². The smallest absolute Gasteiger partial charge is 0.321 e. The number of benzene rings is 1. The zero-order valence-electron chi connectivity index (χ0n) is 14.9. The summed E-state index contributed by atoms with van der Waals surface area (Å²) in [6, 6.07) is 6.03. The fourth-order valence-corrected chi connectivity index (χ4v) is 4.02. The van der Waals surface area contributed by atoms with Crippen LogP contribution in [0.5, 0.6) is 0 Å². The first kappa shape index (κ1) is 16.8. The molecule has 5 heteroatoms. The Kier molecular flexibility index (Phi) is 4.52. The summed E-state index contributed by atoms with van der Waals surface area (Å²) < 4.78 is 0. The lowest BCUT2D eigenvalue weighted by molar-refractivity contribution is -0.137. The number of rotatable bonds is 1. The third-order valence-electron chi connectivity index (χ3n) is 5.69. The molecule has 0 aromatic heterocycles. The topological polar surface area (TPSA) is 52.7 Å². The maximum absolute atomic E-state index is 12.6. The van der Waals surface area contributed by atoms with Gasteiger partial charge < -0.3 is 15.1 Å². The quantitative estimate of drug-likeness (QED) is 0.860. The number of carbonyl (C=O) groups is 2. The number of aryl methyl sites for hydroxylation is 2. The first-order valence-corrected chi connectivity index (χ1v) is 8.76. The van der Waals surface area contributed by atoms with Gasteiger partial charge in [0.05, 0.1) is 0 Å². The van der Waals surface area contributed by atoms with E-state index in [9.17, 15) is 9.59 Å². The minimum Gasteiger partial charge on any atom is -0.345 e. The summed E-state index contributed by atoms with van der Waals surface area (Å²) in [5.41, 5.74) is 3.30. The number of piperidine rings is 2. The molecule has 2 aliphatic heterocycles.